The first-order valence-electron chi connectivity index (χ1n) is 7.17. The van der Waals surface area contributed by atoms with E-state index in [-0.39, 0.29) is 6.10 Å². The van der Waals surface area contributed by atoms with Crippen molar-refractivity contribution >= 4 is 11.9 Å². The zero-order chi connectivity index (χ0) is 14.7. The highest BCUT2D eigenvalue weighted by Crippen LogP contribution is 2.18. The van der Waals surface area contributed by atoms with Crippen molar-refractivity contribution in [1.82, 2.24) is 24.5 Å². The summed E-state index contributed by atoms with van der Waals surface area (Å²) in [7, 11) is 0. The molecule has 1 unspecified atom stereocenters. The monoisotopic (exact) mass is 289 g/mol. The number of nitrogens with zero attached hydrogens (tertiary/aromatic N) is 6. The fraction of sp³-hybridized carbons (Fsp3) is 0.538. The van der Waals surface area contributed by atoms with Gasteiger partial charge in [0.05, 0.1) is 6.10 Å². The molecule has 0 bridgehead atoms. The van der Waals surface area contributed by atoms with Crippen molar-refractivity contribution in [2.24, 2.45) is 0 Å². The van der Waals surface area contributed by atoms with Gasteiger partial charge in [-0.1, -0.05) is 6.92 Å². The molecule has 0 aliphatic carbocycles. The largest absolute Gasteiger partial charge is 0.391 e. The molecule has 3 rings (SSSR count). The molecule has 2 N–H and O–H groups in total. The Bertz CT molecular complexity index is 586. The number of rotatable bonds is 5. The van der Waals surface area contributed by atoms with Crippen LogP contribution in [-0.4, -0.2) is 55.3 Å². The Labute approximate surface area is 122 Å². The second-order valence-corrected chi connectivity index (χ2v) is 5.04. The Morgan fingerprint density at radius 1 is 1.33 bits per heavy atom. The van der Waals surface area contributed by atoms with Crippen LogP contribution in [0.2, 0.25) is 0 Å². The first kappa shape index (κ1) is 13.7. The van der Waals surface area contributed by atoms with Crippen LogP contribution in [0.1, 0.15) is 19.8 Å². The van der Waals surface area contributed by atoms with Crippen LogP contribution in [0.15, 0.2) is 18.7 Å². The zero-order valence-corrected chi connectivity index (χ0v) is 12.0. The quantitative estimate of drug-likeness (QED) is 0.825. The van der Waals surface area contributed by atoms with Crippen LogP contribution in [0.5, 0.6) is 0 Å². The van der Waals surface area contributed by atoms with E-state index in [1.54, 1.807) is 23.3 Å². The van der Waals surface area contributed by atoms with Gasteiger partial charge in [0.1, 0.15) is 6.33 Å². The molecule has 0 aromatic carbocycles. The van der Waals surface area contributed by atoms with E-state index in [1.807, 2.05) is 4.90 Å². The molecule has 1 aliphatic rings. The molecule has 1 fully saturated rings. The fourth-order valence-corrected chi connectivity index (χ4v) is 2.23. The first-order valence-corrected chi connectivity index (χ1v) is 7.17. The van der Waals surface area contributed by atoms with Gasteiger partial charge in [-0.05, 0) is 12.8 Å². The van der Waals surface area contributed by atoms with Crippen LogP contribution in [0.25, 0.3) is 5.95 Å². The SMILES string of the molecule is CCCNc1nc(N2CCC(O)C2)nc(-n2ccnc2)n1. The lowest BCUT2D eigenvalue weighted by molar-refractivity contribution is 0.198. The molecule has 0 saturated carbocycles. The summed E-state index contributed by atoms with van der Waals surface area (Å²) in [4.78, 5) is 19.3. The fourth-order valence-electron chi connectivity index (χ4n) is 2.23. The molecule has 3 heterocycles. The number of β-amino-alcohol motifs (C(OH)–C–C–N with tert-alkyl or cyclic N) is 1. The van der Waals surface area contributed by atoms with Gasteiger partial charge in [-0.2, -0.15) is 15.0 Å². The molecular formula is C13H19N7O. The lowest BCUT2D eigenvalue weighted by Crippen LogP contribution is -2.25. The average molecular weight is 289 g/mol. The summed E-state index contributed by atoms with van der Waals surface area (Å²) in [6.07, 6.45) is 6.55. The number of hydrogen-bond donors (Lipinski definition) is 2. The summed E-state index contributed by atoms with van der Waals surface area (Å²) < 4.78 is 1.74. The van der Waals surface area contributed by atoms with Crippen LogP contribution < -0.4 is 10.2 Å². The molecule has 112 valence electrons. The van der Waals surface area contributed by atoms with Gasteiger partial charge >= 0.3 is 0 Å². The minimum atomic E-state index is -0.314. The van der Waals surface area contributed by atoms with Crippen molar-refractivity contribution in [2.45, 2.75) is 25.9 Å². The minimum absolute atomic E-state index is 0.314. The van der Waals surface area contributed by atoms with Crippen molar-refractivity contribution in [3.8, 4) is 5.95 Å². The second-order valence-electron chi connectivity index (χ2n) is 5.04. The third-order valence-corrected chi connectivity index (χ3v) is 3.33. The molecule has 8 nitrogen and oxygen atoms in total. The van der Waals surface area contributed by atoms with Gasteiger partial charge in [-0.3, -0.25) is 4.57 Å². The molecule has 0 spiro atoms. The van der Waals surface area contributed by atoms with Crippen molar-refractivity contribution < 1.29 is 5.11 Å². The maximum Gasteiger partial charge on any atom is 0.241 e. The molecule has 21 heavy (non-hydrogen) atoms. The first-order chi connectivity index (χ1) is 10.3. The summed E-state index contributed by atoms with van der Waals surface area (Å²) in [5.74, 6) is 1.66. The molecule has 0 amide bonds. The number of aliphatic hydroxyl groups excluding tert-OH is 1. The molecule has 8 heteroatoms. The van der Waals surface area contributed by atoms with E-state index >= 15 is 0 Å². The molecular weight excluding hydrogens is 270 g/mol. The van der Waals surface area contributed by atoms with Gasteiger partial charge in [0, 0.05) is 32.0 Å². The number of anilines is 2. The van der Waals surface area contributed by atoms with E-state index < -0.39 is 0 Å². The molecule has 1 aliphatic heterocycles. The number of aliphatic hydroxyl groups is 1. The Hall–Kier alpha value is -2.22. The van der Waals surface area contributed by atoms with Crippen LogP contribution in [0.4, 0.5) is 11.9 Å². The van der Waals surface area contributed by atoms with Crippen LogP contribution in [0, 0.1) is 0 Å². The maximum absolute atomic E-state index is 9.68. The Kier molecular flexibility index (Phi) is 3.96. The Morgan fingerprint density at radius 3 is 2.86 bits per heavy atom. The Balaban J connectivity index is 1.92. The third-order valence-electron chi connectivity index (χ3n) is 3.33. The van der Waals surface area contributed by atoms with Crippen molar-refractivity contribution in [1.29, 1.82) is 0 Å². The smallest absolute Gasteiger partial charge is 0.241 e. The summed E-state index contributed by atoms with van der Waals surface area (Å²) in [6.45, 7) is 4.19. The highest BCUT2D eigenvalue weighted by molar-refractivity contribution is 5.41. The minimum Gasteiger partial charge on any atom is -0.391 e. The van der Waals surface area contributed by atoms with Gasteiger partial charge in [0.15, 0.2) is 0 Å². The standard InChI is InChI=1S/C13H19N7O/c1-2-4-15-11-16-12(19-6-3-10(21)8-19)18-13(17-11)20-7-5-14-9-20/h5,7,9-10,21H,2-4,6,8H2,1H3,(H,15,16,17,18). The highest BCUT2D eigenvalue weighted by atomic mass is 16.3. The lowest BCUT2D eigenvalue weighted by atomic mass is 10.3. The number of imidazole rings is 1. The van der Waals surface area contributed by atoms with Gasteiger partial charge in [-0.25, -0.2) is 4.98 Å². The summed E-state index contributed by atoms with van der Waals surface area (Å²) in [6, 6.07) is 0. The predicted molar refractivity (Wildman–Crippen MR) is 78.6 cm³/mol. The van der Waals surface area contributed by atoms with E-state index in [0.29, 0.717) is 24.4 Å². The summed E-state index contributed by atoms with van der Waals surface area (Å²) >= 11 is 0. The van der Waals surface area contributed by atoms with Crippen LogP contribution in [-0.2, 0) is 0 Å². The average Bonchev–Trinajstić information content (AvgIpc) is 3.16. The van der Waals surface area contributed by atoms with Crippen LogP contribution >= 0.6 is 0 Å². The third kappa shape index (κ3) is 3.10. The van der Waals surface area contributed by atoms with Gasteiger partial charge in [-0.15, -0.1) is 0 Å². The zero-order valence-electron chi connectivity index (χ0n) is 12.0. The summed E-state index contributed by atoms with van der Waals surface area (Å²) in [5, 5.41) is 12.9. The predicted octanol–water partition coefficient (Wildman–Crippen LogP) is 0.450. The van der Waals surface area contributed by atoms with Gasteiger partial charge in [0.25, 0.3) is 0 Å². The number of aromatic nitrogens is 5. The Morgan fingerprint density at radius 2 is 2.19 bits per heavy atom. The topological polar surface area (TPSA) is 92.0 Å². The molecule has 1 atom stereocenters. The normalized spacial score (nSPS) is 18.2. The lowest BCUT2D eigenvalue weighted by Gasteiger charge is -2.17. The number of hydrogen-bond acceptors (Lipinski definition) is 7. The highest BCUT2D eigenvalue weighted by Gasteiger charge is 2.23. The van der Waals surface area contributed by atoms with E-state index in [4.69, 9.17) is 0 Å². The molecule has 0 radical (unpaired) electrons. The second kappa shape index (κ2) is 6.04. The van der Waals surface area contributed by atoms with Crippen LogP contribution in [0.3, 0.4) is 0 Å². The van der Waals surface area contributed by atoms with Crippen molar-refractivity contribution in [3.63, 3.8) is 0 Å². The molecule has 1 saturated heterocycles. The van der Waals surface area contributed by atoms with E-state index in [0.717, 1.165) is 25.9 Å². The van der Waals surface area contributed by atoms with Crippen molar-refractivity contribution in [2.75, 3.05) is 29.9 Å². The molecule has 2 aromatic heterocycles. The number of nitrogens with one attached hydrogen (secondary N) is 1. The van der Waals surface area contributed by atoms with E-state index in [2.05, 4.69) is 32.2 Å². The van der Waals surface area contributed by atoms with Crippen molar-refractivity contribution in [3.05, 3.63) is 18.7 Å². The summed E-state index contributed by atoms with van der Waals surface area (Å²) in [5.41, 5.74) is 0. The van der Waals surface area contributed by atoms with E-state index in [1.165, 1.54) is 0 Å². The van der Waals surface area contributed by atoms with Gasteiger partial charge < -0.3 is 15.3 Å². The molecule has 2 aromatic rings. The van der Waals surface area contributed by atoms with E-state index in [9.17, 15) is 5.11 Å². The van der Waals surface area contributed by atoms with Gasteiger partial charge in [0.2, 0.25) is 17.8 Å². The maximum atomic E-state index is 9.68.